The number of nitrogens with one attached hydrogen (secondary N) is 1. The molecule has 1 fully saturated rings. The second-order valence-electron chi connectivity index (χ2n) is 5.98. The fourth-order valence-electron chi connectivity index (χ4n) is 2.66. The summed E-state index contributed by atoms with van der Waals surface area (Å²) in [6, 6.07) is 13.6. The number of rotatable bonds is 5. The van der Waals surface area contributed by atoms with Crippen molar-refractivity contribution >= 4 is 29.3 Å². The molecule has 1 heterocycles. The molecular weight excluding hydrogens is 348 g/mol. The van der Waals surface area contributed by atoms with E-state index in [1.165, 1.54) is 4.90 Å². The Kier molecular flexibility index (Phi) is 5.23. The average molecular weight is 368 g/mol. The van der Waals surface area contributed by atoms with Crippen molar-refractivity contribution in [1.82, 2.24) is 10.2 Å². The summed E-state index contributed by atoms with van der Waals surface area (Å²) in [4.78, 5) is 13.5. The summed E-state index contributed by atoms with van der Waals surface area (Å²) in [5, 5.41) is 3.32. The summed E-state index contributed by atoms with van der Waals surface area (Å²) in [6.45, 7) is 2.37. The number of benzene rings is 2. The lowest BCUT2D eigenvalue weighted by atomic mass is 10.1. The highest BCUT2D eigenvalue weighted by atomic mass is 32.1. The van der Waals surface area contributed by atoms with Gasteiger partial charge in [0.15, 0.2) is 5.11 Å². The van der Waals surface area contributed by atoms with Crippen LogP contribution in [0.15, 0.2) is 48.2 Å². The van der Waals surface area contributed by atoms with E-state index in [1.807, 2.05) is 49.4 Å². The molecule has 1 aliphatic heterocycles. The van der Waals surface area contributed by atoms with Gasteiger partial charge in [0.2, 0.25) is 0 Å². The number of ether oxygens (including phenoxy) is 2. The Morgan fingerprint density at radius 2 is 1.96 bits per heavy atom. The van der Waals surface area contributed by atoms with Gasteiger partial charge in [-0.2, -0.15) is 0 Å². The van der Waals surface area contributed by atoms with E-state index in [1.54, 1.807) is 20.2 Å². The van der Waals surface area contributed by atoms with E-state index < -0.39 is 0 Å². The van der Waals surface area contributed by atoms with Crippen LogP contribution in [0.2, 0.25) is 0 Å². The van der Waals surface area contributed by atoms with Gasteiger partial charge in [-0.1, -0.05) is 24.3 Å². The number of methoxy groups -OCH3 is 1. The predicted octanol–water partition coefficient (Wildman–Crippen LogP) is 3.27. The molecule has 0 unspecified atom stereocenters. The third-order valence-electron chi connectivity index (χ3n) is 4.17. The fourth-order valence-corrected chi connectivity index (χ4v) is 2.86. The first kappa shape index (κ1) is 17.9. The second kappa shape index (κ2) is 7.58. The van der Waals surface area contributed by atoms with Crippen molar-refractivity contribution in [2.75, 3.05) is 14.2 Å². The molecule has 0 aliphatic carbocycles. The largest absolute Gasteiger partial charge is 0.496 e. The second-order valence-corrected chi connectivity index (χ2v) is 6.36. The van der Waals surface area contributed by atoms with Crippen LogP contribution in [-0.4, -0.2) is 30.1 Å². The SMILES string of the molecule is COc1ccc(/C=C2/NC(=S)N(C)C2=O)cc1COc1ccccc1C. The summed E-state index contributed by atoms with van der Waals surface area (Å²) in [5.41, 5.74) is 3.28. The Bertz CT molecular complexity index is 892. The summed E-state index contributed by atoms with van der Waals surface area (Å²) in [5.74, 6) is 1.42. The Morgan fingerprint density at radius 1 is 1.19 bits per heavy atom. The van der Waals surface area contributed by atoms with Gasteiger partial charge < -0.3 is 14.8 Å². The maximum Gasteiger partial charge on any atom is 0.276 e. The van der Waals surface area contributed by atoms with Gasteiger partial charge in [0.25, 0.3) is 5.91 Å². The number of thiocarbonyl (C=S) groups is 1. The van der Waals surface area contributed by atoms with Crippen LogP contribution in [0.5, 0.6) is 11.5 Å². The van der Waals surface area contributed by atoms with Crippen LogP contribution in [-0.2, 0) is 11.4 Å². The van der Waals surface area contributed by atoms with E-state index in [-0.39, 0.29) is 5.91 Å². The number of nitrogens with zero attached hydrogens (tertiary/aromatic N) is 1. The van der Waals surface area contributed by atoms with Crippen LogP contribution >= 0.6 is 12.2 Å². The Morgan fingerprint density at radius 3 is 2.62 bits per heavy atom. The van der Waals surface area contributed by atoms with Crippen LogP contribution in [0.4, 0.5) is 0 Å². The summed E-state index contributed by atoms with van der Waals surface area (Å²) in [7, 11) is 3.27. The van der Waals surface area contributed by atoms with E-state index in [0.29, 0.717) is 17.4 Å². The lowest BCUT2D eigenvalue weighted by Crippen LogP contribution is -2.25. The van der Waals surface area contributed by atoms with Crippen molar-refractivity contribution in [3.05, 3.63) is 64.9 Å². The minimum atomic E-state index is -0.150. The fraction of sp³-hybridized carbons (Fsp3) is 0.200. The number of carbonyl (C=O) groups excluding carboxylic acids is 1. The lowest BCUT2D eigenvalue weighted by molar-refractivity contribution is -0.121. The monoisotopic (exact) mass is 368 g/mol. The minimum Gasteiger partial charge on any atom is -0.496 e. The maximum atomic E-state index is 12.1. The zero-order valence-corrected chi connectivity index (χ0v) is 15.7. The molecule has 2 aromatic rings. The molecule has 3 rings (SSSR count). The van der Waals surface area contributed by atoms with E-state index in [9.17, 15) is 4.79 Å². The zero-order valence-electron chi connectivity index (χ0n) is 14.9. The number of aryl methyl sites for hydroxylation is 1. The Balaban J connectivity index is 1.84. The van der Waals surface area contributed by atoms with Crippen molar-refractivity contribution in [2.24, 2.45) is 0 Å². The minimum absolute atomic E-state index is 0.150. The van der Waals surface area contributed by atoms with E-state index in [0.717, 1.165) is 28.2 Å². The van der Waals surface area contributed by atoms with Crippen LogP contribution < -0.4 is 14.8 Å². The molecule has 0 atom stereocenters. The van der Waals surface area contributed by atoms with Crippen LogP contribution in [0.1, 0.15) is 16.7 Å². The molecule has 1 amide bonds. The molecule has 0 spiro atoms. The van der Waals surface area contributed by atoms with Gasteiger partial charge in [0.05, 0.1) is 7.11 Å². The number of para-hydroxylation sites is 1. The van der Waals surface area contributed by atoms with Crippen LogP contribution in [0, 0.1) is 6.92 Å². The highest BCUT2D eigenvalue weighted by Gasteiger charge is 2.26. The summed E-state index contributed by atoms with van der Waals surface area (Å²) >= 11 is 5.10. The molecule has 0 bridgehead atoms. The van der Waals surface area contributed by atoms with Crippen molar-refractivity contribution in [1.29, 1.82) is 0 Å². The molecule has 2 aromatic carbocycles. The number of carbonyl (C=O) groups is 1. The van der Waals surface area contributed by atoms with Gasteiger partial charge in [-0.3, -0.25) is 9.69 Å². The van der Waals surface area contributed by atoms with Crippen LogP contribution in [0.25, 0.3) is 6.08 Å². The van der Waals surface area contributed by atoms with Crippen molar-refractivity contribution < 1.29 is 14.3 Å². The summed E-state index contributed by atoms with van der Waals surface area (Å²) < 4.78 is 11.4. The number of hydrogen-bond acceptors (Lipinski definition) is 4. The normalized spacial score (nSPS) is 15.3. The molecule has 1 N–H and O–H groups in total. The number of hydrogen-bond donors (Lipinski definition) is 1. The Hall–Kier alpha value is -2.86. The topological polar surface area (TPSA) is 50.8 Å². The first-order valence-corrected chi connectivity index (χ1v) is 8.56. The number of amides is 1. The maximum absolute atomic E-state index is 12.1. The average Bonchev–Trinajstić information content (AvgIpc) is 2.88. The molecule has 0 saturated carbocycles. The molecule has 134 valence electrons. The van der Waals surface area contributed by atoms with Gasteiger partial charge in [-0.25, -0.2) is 0 Å². The lowest BCUT2D eigenvalue weighted by Gasteiger charge is -2.12. The van der Waals surface area contributed by atoms with Gasteiger partial charge >= 0.3 is 0 Å². The predicted molar refractivity (Wildman–Crippen MR) is 105 cm³/mol. The highest BCUT2D eigenvalue weighted by molar-refractivity contribution is 7.80. The summed E-state index contributed by atoms with van der Waals surface area (Å²) in [6.07, 6.45) is 1.77. The van der Waals surface area contributed by atoms with Gasteiger partial charge in [0, 0.05) is 12.6 Å². The first-order chi connectivity index (χ1) is 12.5. The van der Waals surface area contributed by atoms with E-state index in [4.69, 9.17) is 21.7 Å². The zero-order chi connectivity index (χ0) is 18.7. The number of likely N-dealkylation sites (N-methyl/N-ethyl adjacent to an activating group) is 1. The molecule has 6 heteroatoms. The smallest absolute Gasteiger partial charge is 0.276 e. The van der Waals surface area contributed by atoms with Crippen LogP contribution in [0.3, 0.4) is 0 Å². The van der Waals surface area contributed by atoms with Crippen molar-refractivity contribution in [2.45, 2.75) is 13.5 Å². The van der Waals surface area contributed by atoms with Gasteiger partial charge in [-0.15, -0.1) is 0 Å². The van der Waals surface area contributed by atoms with Gasteiger partial charge in [-0.05, 0) is 54.5 Å². The molecular formula is C20H20N2O3S. The standard InChI is InChI=1S/C20H20N2O3S/c1-13-6-4-5-7-17(13)25-12-15-10-14(8-9-18(15)24-3)11-16-19(23)22(2)20(26)21-16/h4-11H,12H2,1-3H3,(H,21,26)/b16-11+. The molecule has 1 saturated heterocycles. The molecule has 26 heavy (non-hydrogen) atoms. The first-order valence-electron chi connectivity index (χ1n) is 8.15. The molecule has 1 aliphatic rings. The third-order valence-corrected chi connectivity index (χ3v) is 4.55. The van der Waals surface area contributed by atoms with Crippen molar-refractivity contribution in [3.63, 3.8) is 0 Å². The molecule has 5 nitrogen and oxygen atoms in total. The highest BCUT2D eigenvalue weighted by Crippen LogP contribution is 2.25. The van der Waals surface area contributed by atoms with E-state index >= 15 is 0 Å². The van der Waals surface area contributed by atoms with E-state index in [2.05, 4.69) is 5.32 Å². The molecule has 0 aromatic heterocycles. The van der Waals surface area contributed by atoms with Crippen molar-refractivity contribution in [3.8, 4) is 11.5 Å². The third kappa shape index (κ3) is 3.70. The quantitative estimate of drug-likeness (QED) is 0.648. The Labute approximate surface area is 158 Å². The molecule has 0 radical (unpaired) electrons. The van der Waals surface area contributed by atoms with Gasteiger partial charge in [0.1, 0.15) is 23.8 Å².